The van der Waals surface area contributed by atoms with Gasteiger partial charge < -0.3 is 9.64 Å². The summed E-state index contributed by atoms with van der Waals surface area (Å²) in [5.41, 5.74) is 0.961. The van der Waals surface area contributed by atoms with Crippen molar-refractivity contribution >= 4 is 5.69 Å². The molecule has 2 heterocycles. The smallest absolute Gasteiger partial charge is 0.242 e. The van der Waals surface area contributed by atoms with E-state index in [2.05, 4.69) is 9.97 Å². The standard InChI is InChI=1S/C6H7N3O/c1-9-4-10-6-5(9)2-7-3-8-6/h2-3H,4H2,1H3. The second kappa shape index (κ2) is 1.83. The van der Waals surface area contributed by atoms with E-state index in [1.807, 2.05) is 11.9 Å². The summed E-state index contributed by atoms with van der Waals surface area (Å²) >= 11 is 0. The fourth-order valence-corrected chi connectivity index (χ4v) is 0.912. The van der Waals surface area contributed by atoms with Crippen molar-refractivity contribution in [2.75, 3.05) is 18.7 Å². The Bertz CT molecular complexity index is 251. The van der Waals surface area contributed by atoms with E-state index in [9.17, 15) is 0 Å². The van der Waals surface area contributed by atoms with Crippen molar-refractivity contribution < 1.29 is 4.74 Å². The molecule has 0 bridgehead atoms. The van der Waals surface area contributed by atoms with Gasteiger partial charge >= 0.3 is 0 Å². The van der Waals surface area contributed by atoms with E-state index in [-0.39, 0.29) is 0 Å². The Morgan fingerprint density at radius 2 is 2.60 bits per heavy atom. The number of fused-ring (bicyclic) bond motifs is 1. The molecule has 1 aromatic heterocycles. The van der Waals surface area contributed by atoms with E-state index in [0.29, 0.717) is 12.6 Å². The maximum atomic E-state index is 5.19. The molecule has 1 aromatic rings. The molecule has 1 aliphatic heterocycles. The lowest BCUT2D eigenvalue weighted by atomic mass is 10.5. The number of hydrogen-bond donors (Lipinski definition) is 0. The summed E-state index contributed by atoms with van der Waals surface area (Å²) in [5.74, 6) is 0.678. The molecule has 0 radical (unpaired) electrons. The molecule has 0 amide bonds. The summed E-state index contributed by atoms with van der Waals surface area (Å²) in [6.45, 7) is 0.577. The fraction of sp³-hybridized carbons (Fsp3) is 0.333. The van der Waals surface area contributed by atoms with E-state index < -0.39 is 0 Å². The van der Waals surface area contributed by atoms with Crippen molar-refractivity contribution in [3.63, 3.8) is 0 Å². The van der Waals surface area contributed by atoms with Gasteiger partial charge in [-0.1, -0.05) is 0 Å². The van der Waals surface area contributed by atoms with Crippen LogP contribution in [-0.2, 0) is 0 Å². The van der Waals surface area contributed by atoms with Crippen LogP contribution in [0.1, 0.15) is 0 Å². The molecular formula is C6H7N3O. The minimum absolute atomic E-state index is 0.577. The molecule has 1 aliphatic rings. The van der Waals surface area contributed by atoms with Crippen LogP contribution in [-0.4, -0.2) is 23.7 Å². The predicted octanol–water partition coefficient (Wildman–Crippen LogP) is 0.263. The molecule has 0 aromatic carbocycles. The van der Waals surface area contributed by atoms with E-state index in [0.717, 1.165) is 5.69 Å². The van der Waals surface area contributed by atoms with Crippen LogP contribution in [0.15, 0.2) is 12.5 Å². The minimum Gasteiger partial charge on any atom is -0.455 e. The van der Waals surface area contributed by atoms with Crippen molar-refractivity contribution in [2.45, 2.75) is 0 Å². The first-order valence-electron chi connectivity index (χ1n) is 3.02. The number of hydrogen-bond acceptors (Lipinski definition) is 4. The van der Waals surface area contributed by atoms with Crippen molar-refractivity contribution in [1.82, 2.24) is 9.97 Å². The Hall–Kier alpha value is -1.32. The summed E-state index contributed by atoms with van der Waals surface area (Å²) in [6, 6.07) is 0. The molecule has 0 N–H and O–H groups in total. The SMILES string of the molecule is CN1COc2ncncc21. The van der Waals surface area contributed by atoms with Crippen LogP contribution in [0.4, 0.5) is 5.69 Å². The van der Waals surface area contributed by atoms with Gasteiger partial charge in [0.15, 0.2) is 6.73 Å². The molecule has 0 saturated heterocycles. The van der Waals surface area contributed by atoms with Gasteiger partial charge in [-0.05, 0) is 0 Å². The van der Waals surface area contributed by atoms with Gasteiger partial charge in [-0.15, -0.1) is 0 Å². The lowest BCUT2D eigenvalue weighted by Gasteiger charge is -2.04. The zero-order valence-corrected chi connectivity index (χ0v) is 5.61. The number of aromatic nitrogens is 2. The van der Waals surface area contributed by atoms with E-state index in [1.54, 1.807) is 6.20 Å². The van der Waals surface area contributed by atoms with Crippen LogP contribution in [0.2, 0.25) is 0 Å². The van der Waals surface area contributed by atoms with Crippen molar-refractivity contribution in [3.05, 3.63) is 12.5 Å². The third kappa shape index (κ3) is 0.618. The quantitative estimate of drug-likeness (QED) is 0.514. The fourth-order valence-electron chi connectivity index (χ4n) is 0.912. The highest BCUT2D eigenvalue weighted by Crippen LogP contribution is 2.27. The largest absolute Gasteiger partial charge is 0.455 e. The lowest BCUT2D eigenvalue weighted by Crippen LogP contribution is -2.14. The molecule has 2 rings (SSSR count). The zero-order valence-electron chi connectivity index (χ0n) is 5.61. The number of anilines is 1. The average molecular weight is 137 g/mol. The van der Waals surface area contributed by atoms with Crippen LogP contribution in [0.3, 0.4) is 0 Å². The number of nitrogens with zero attached hydrogens (tertiary/aromatic N) is 3. The van der Waals surface area contributed by atoms with Crippen LogP contribution < -0.4 is 9.64 Å². The summed E-state index contributed by atoms with van der Waals surface area (Å²) in [5, 5.41) is 0. The minimum atomic E-state index is 0.577. The zero-order chi connectivity index (χ0) is 6.97. The highest BCUT2D eigenvalue weighted by atomic mass is 16.5. The molecule has 4 heteroatoms. The molecule has 52 valence electrons. The van der Waals surface area contributed by atoms with Crippen molar-refractivity contribution in [3.8, 4) is 5.88 Å². The normalized spacial score (nSPS) is 14.7. The van der Waals surface area contributed by atoms with Crippen LogP contribution in [0.5, 0.6) is 5.88 Å². The van der Waals surface area contributed by atoms with E-state index in [1.165, 1.54) is 6.33 Å². The first-order chi connectivity index (χ1) is 4.88. The van der Waals surface area contributed by atoms with Gasteiger partial charge in [-0.3, -0.25) is 0 Å². The summed E-state index contributed by atoms with van der Waals surface area (Å²) < 4.78 is 5.19. The third-order valence-electron chi connectivity index (χ3n) is 1.46. The van der Waals surface area contributed by atoms with Gasteiger partial charge in [0.25, 0.3) is 0 Å². The molecule has 0 unspecified atom stereocenters. The van der Waals surface area contributed by atoms with Gasteiger partial charge in [0, 0.05) is 7.05 Å². The Labute approximate surface area is 58.5 Å². The summed E-state index contributed by atoms with van der Waals surface area (Å²) in [6.07, 6.45) is 3.23. The third-order valence-corrected chi connectivity index (χ3v) is 1.46. The molecule has 0 atom stereocenters. The van der Waals surface area contributed by atoms with E-state index in [4.69, 9.17) is 4.74 Å². The van der Waals surface area contributed by atoms with Gasteiger partial charge in [0.05, 0.1) is 6.20 Å². The Morgan fingerprint density at radius 1 is 1.70 bits per heavy atom. The molecule has 10 heavy (non-hydrogen) atoms. The van der Waals surface area contributed by atoms with E-state index >= 15 is 0 Å². The highest BCUT2D eigenvalue weighted by Gasteiger charge is 2.16. The van der Waals surface area contributed by atoms with Crippen LogP contribution >= 0.6 is 0 Å². The molecule has 0 aliphatic carbocycles. The van der Waals surface area contributed by atoms with Gasteiger partial charge in [0.1, 0.15) is 12.0 Å². The molecule has 0 fully saturated rings. The monoisotopic (exact) mass is 137 g/mol. The number of rotatable bonds is 0. The van der Waals surface area contributed by atoms with Crippen LogP contribution in [0.25, 0.3) is 0 Å². The predicted molar refractivity (Wildman–Crippen MR) is 35.9 cm³/mol. The molecule has 4 nitrogen and oxygen atoms in total. The Morgan fingerprint density at radius 3 is 3.40 bits per heavy atom. The maximum absolute atomic E-state index is 5.19. The molecule has 0 spiro atoms. The summed E-state index contributed by atoms with van der Waals surface area (Å²) in [7, 11) is 1.94. The van der Waals surface area contributed by atoms with Gasteiger partial charge in [-0.2, -0.15) is 4.98 Å². The first kappa shape index (κ1) is 5.46. The van der Waals surface area contributed by atoms with Crippen molar-refractivity contribution in [2.24, 2.45) is 0 Å². The summed E-state index contributed by atoms with van der Waals surface area (Å²) in [4.78, 5) is 9.76. The average Bonchev–Trinajstić information content (AvgIpc) is 2.34. The molecular weight excluding hydrogens is 130 g/mol. The second-order valence-electron chi connectivity index (χ2n) is 2.18. The molecule has 0 saturated carbocycles. The van der Waals surface area contributed by atoms with Gasteiger partial charge in [0.2, 0.25) is 5.88 Å². The number of ether oxygens (including phenoxy) is 1. The Kier molecular flexibility index (Phi) is 1.00. The van der Waals surface area contributed by atoms with Crippen molar-refractivity contribution in [1.29, 1.82) is 0 Å². The maximum Gasteiger partial charge on any atom is 0.242 e. The van der Waals surface area contributed by atoms with Crippen LogP contribution in [0, 0.1) is 0 Å². The lowest BCUT2D eigenvalue weighted by molar-refractivity contribution is 0.341. The first-order valence-corrected chi connectivity index (χ1v) is 3.02. The second-order valence-corrected chi connectivity index (χ2v) is 2.18. The van der Waals surface area contributed by atoms with Gasteiger partial charge in [-0.25, -0.2) is 4.98 Å². The topological polar surface area (TPSA) is 38.2 Å². The highest BCUT2D eigenvalue weighted by molar-refractivity contribution is 5.54. The Balaban J connectivity index is 2.51.